The van der Waals surface area contributed by atoms with Crippen molar-refractivity contribution in [3.63, 3.8) is 0 Å². The van der Waals surface area contributed by atoms with E-state index in [4.69, 9.17) is 11.6 Å². The van der Waals surface area contributed by atoms with Gasteiger partial charge in [0.25, 0.3) is 0 Å². The van der Waals surface area contributed by atoms with Crippen molar-refractivity contribution in [2.75, 3.05) is 0 Å². The van der Waals surface area contributed by atoms with Crippen LogP contribution in [-0.2, 0) is 13.5 Å². The highest BCUT2D eigenvalue weighted by Crippen LogP contribution is 2.20. The van der Waals surface area contributed by atoms with E-state index in [1.54, 1.807) is 11.3 Å². The summed E-state index contributed by atoms with van der Waals surface area (Å²) in [6.07, 6.45) is 0.725. The summed E-state index contributed by atoms with van der Waals surface area (Å²) in [5.74, 6) is 1.01. The number of hydrogen-bond acceptors (Lipinski definition) is 3. The van der Waals surface area contributed by atoms with Crippen molar-refractivity contribution in [2.45, 2.75) is 6.42 Å². The standard InChI is InChI=1S/C12H10ClN3S/c1-16-9-5-3-2-4-8(9)14-11(16)6-12-15-10(13)7-17-12/h2-5,7H,6H2,1H3. The summed E-state index contributed by atoms with van der Waals surface area (Å²) in [6.45, 7) is 0. The van der Waals surface area contributed by atoms with Gasteiger partial charge in [0.2, 0.25) is 0 Å². The maximum absolute atomic E-state index is 5.82. The predicted molar refractivity (Wildman–Crippen MR) is 70.6 cm³/mol. The van der Waals surface area contributed by atoms with Crippen LogP contribution in [0.15, 0.2) is 29.6 Å². The van der Waals surface area contributed by atoms with Crippen molar-refractivity contribution >= 4 is 34.0 Å². The maximum Gasteiger partial charge on any atom is 0.140 e. The summed E-state index contributed by atoms with van der Waals surface area (Å²) in [7, 11) is 2.03. The molecule has 0 fully saturated rings. The van der Waals surface area contributed by atoms with E-state index in [0.717, 1.165) is 28.3 Å². The lowest BCUT2D eigenvalue weighted by atomic mass is 10.3. The highest BCUT2D eigenvalue weighted by molar-refractivity contribution is 7.10. The molecule has 0 radical (unpaired) electrons. The summed E-state index contributed by atoms with van der Waals surface area (Å²) in [6, 6.07) is 8.11. The van der Waals surface area contributed by atoms with Crippen molar-refractivity contribution < 1.29 is 0 Å². The Morgan fingerprint density at radius 1 is 1.29 bits per heavy atom. The monoisotopic (exact) mass is 263 g/mol. The zero-order valence-corrected chi connectivity index (χ0v) is 10.8. The zero-order valence-electron chi connectivity index (χ0n) is 9.22. The molecule has 0 unspecified atom stereocenters. The predicted octanol–water partition coefficient (Wildman–Crippen LogP) is 3.27. The number of nitrogens with zero attached hydrogens (tertiary/aromatic N) is 3. The fourth-order valence-electron chi connectivity index (χ4n) is 1.86. The molecular formula is C12H10ClN3S. The van der Waals surface area contributed by atoms with Crippen LogP contribution < -0.4 is 0 Å². The second-order valence-corrected chi connectivity index (χ2v) is 5.15. The van der Waals surface area contributed by atoms with Gasteiger partial charge in [0.15, 0.2) is 0 Å². The molecule has 0 aliphatic rings. The number of aromatic nitrogens is 3. The number of aryl methyl sites for hydroxylation is 1. The Morgan fingerprint density at radius 3 is 2.82 bits per heavy atom. The van der Waals surface area contributed by atoms with Crippen LogP contribution in [0.5, 0.6) is 0 Å². The van der Waals surface area contributed by atoms with Crippen LogP contribution in [0.4, 0.5) is 0 Å². The third-order valence-electron chi connectivity index (χ3n) is 2.71. The normalized spacial score (nSPS) is 11.2. The van der Waals surface area contributed by atoms with Crippen molar-refractivity contribution in [2.24, 2.45) is 7.05 Å². The van der Waals surface area contributed by atoms with Crippen LogP contribution in [0.2, 0.25) is 5.15 Å². The number of thiazole rings is 1. The van der Waals surface area contributed by atoms with E-state index in [9.17, 15) is 0 Å². The summed E-state index contributed by atoms with van der Waals surface area (Å²) < 4.78 is 2.10. The quantitative estimate of drug-likeness (QED) is 0.710. The number of benzene rings is 1. The maximum atomic E-state index is 5.82. The lowest BCUT2D eigenvalue weighted by Crippen LogP contribution is -1.98. The van der Waals surface area contributed by atoms with Crippen LogP contribution in [0.1, 0.15) is 10.8 Å². The molecule has 2 aromatic heterocycles. The number of fused-ring (bicyclic) bond motifs is 1. The van der Waals surface area contributed by atoms with Gasteiger partial charge in [-0.25, -0.2) is 9.97 Å². The van der Waals surface area contributed by atoms with Crippen molar-refractivity contribution in [1.82, 2.24) is 14.5 Å². The van der Waals surface area contributed by atoms with Gasteiger partial charge in [-0.05, 0) is 12.1 Å². The van der Waals surface area contributed by atoms with Gasteiger partial charge in [-0.1, -0.05) is 23.7 Å². The number of rotatable bonds is 2. The van der Waals surface area contributed by atoms with Crippen LogP contribution in [0, 0.1) is 0 Å². The Morgan fingerprint density at radius 2 is 2.12 bits per heavy atom. The van der Waals surface area contributed by atoms with E-state index in [2.05, 4.69) is 20.6 Å². The molecule has 0 spiro atoms. The highest BCUT2D eigenvalue weighted by atomic mass is 35.5. The SMILES string of the molecule is Cn1c(Cc2nc(Cl)cs2)nc2ccccc21. The molecule has 86 valence electrons. The molecule has 5 heteroatoms. The molecule has 0 aliphatic heterocycles. The third-order valence-corrected chi connectivity index (χ3v) is 3.88. The van der Waals surface area contributed by atoms with Gasteiger partial charge in [0.05, 0.1) is 17.5 Å². The number of hydrogen-bond donors (Lipinski definition) is 0. The van der Waals surface area contributed by atoms with Gasteiger partial charge < -0.3 is 4.57 Å². The zero-order chi connectivity index (χ0) is 11.8. The number of halogens is 1. The summed E-state index contributed by atoms with van der Waals surface area (Å²) in [5, 5.41) is 3.40. The van der Waals surface area contributed by atoms with Crippen LogP contribution in [0.25, 0.3) is 11.0 Å². The van der Waals surface area contributed by atoms with Crippen molar-refractivity contribution in [3.05, 3.63) is 45.6 Å². The van der Waals surface area contributed by atoms with E-state index in [0.29, 0.717) is 5.15 Å². The molecule has 0 saturated heterocycles. The van der Waals surface area contributed by atoms with E-state index < -0.39 is 0 Å². The lowest BCUT2D eigenvalue weighted by Gasteiger charge is -1.99. The summed E-state index contributed by atoms with van der Waals surface area (Å²) in [4.78, 5) is 8.85. The third kappa shape index (κ3) is 1.94. The van der Waals surface area contributed by atoms with Crippen molar-refractivity contribution in [1.29, 1.82) is 0 Å². The highest BCUT2D eigenvalue weighted by Gasteiger charge is 2.09. The second-order valence-electron chi connectivity index (χ2n) is 3.82. The molecule has 0 atom stereocenters. The molecular weight excluding hydrogens is 254 g/mol. The first-order valence-electron chi connectivity index (χ1n) is 5.24. The minimum absolute atomic E-state index is 0.559. The Hall–Kier alpha value is -1.39. The Labute approximate surface area is 108 Å². The van der Waals surface area contributed by atoms with Gasteiger partial charge in [-0.15, -0.1) is 11.3 Å². The van der Waals surface area contributed by atoms with Gasteiger partial charge in [0.1, 0.15) is 16.0 Å². The molecule has 2 heterocycles. The van der Waals surface area contributed by atoms with Gasteiger partial charge in [-0.3, -0.25) is 0 Å². The fourth-order valence-corrected chi connectivity index (χ4v) is 2.79. The van der Waals surface area contributed by atoms with Crippen molar-refractivity contribution in [3.8, 4) is 0 Å². The van der Waals surface area contributed by atoms with E-state index >= 15 is 0 Å². The van der Waals surface area contributed by atoms with Crippen LogP contribution in [0.3, 0.4) is 0 Å². The van der Waals surface area contributed by atoms with Gasteiger partial charge >= 0.3 is 0 Å². The number of para-hydroxylation sites is 2. The van der Waals surface area contributed by atoms with E-state index in [1.165, 1.54) is 0 Å². The van der Waals surface area contributed by atoms with Gasteiger partial charge in [0, 0.05) is 12.4 Å². The molecule has 0 amide bonds. The molecule has 0 N–H and O–H groups in total. The minimum Gasteiger partial charge on any atom is -0.331 e. The van der Waals surface area contributed by atoms with Crippen LogP contribution in [-0.4, -0.2) is 14.5 Å². The largest absolute Gasteiger partial charge is 0.331 e. The molecule has 3 aromatic rings. The average Bonchev–Trinajstić information content (AvgIpc) is 2.86. The molecule has 17 heavy (non-hydrogen) atoms. The molecule has 0 bridgehead atoms. The molecule has 3 rings (SSSR count). The van der Waals surface area contributed by atoms with Crippen LogP contribution >= 0.6 is 22.9 Å². The first-order valence-corrected chi connectivity index (χ1v) is 6.50. The first-order chi connectivity index (χ1) is 8.24. The van der Waals surface area contributed by atoms with E-state index in [1.807, 2.05) is 30.6 Å². The molecule has 1 aromatic carbocycles. The average molecular weight is 264 g/mol. The molecule has 0 aliphatic carbocycles. The number of imidazole rings is 1. The summed E-state index contributed by atoms with van der Waals surface area (Å²) >= 11 is 7.38. The fraction of sp³-hybridized carbons (Fsp3) is 0.167. The topological polar surface area (TPSA) is 30.7 Å². The Kier molecular flexibility index (Phi) is 2.61. The second kappa shape index (κ2) is 4.13. The smallest absolute Gasteiger partial charge is 0.140 e. The minimum atomic E-state index is 0.559. The Bertz CT molecular complexity index is 671. The lowest BCUT2D eigenvalue weighted by molar-refractivity contribution is 0.841. The Balaban J connectivity index is 2.03. The van der Waals surface area contributed by atoms with Gasteiger partial charge in [-0.2, -0.15) is 0 Å². The molecule has 0 saturated carbocycles. The van der Waals surface area contributed by atoms with E-state index in [-0.39, 0.29) is 0 Å². The summed E-state index contributed by atoms with van der Waals surface area (Å²) in [5.41, 5.74) is 2.16. The molecule has 3 nitrogen and oxygen atoms in total. The first kappa shape index (κ1) is 10.7.